The van der Waals surface area contributed by atoms with E-state index >= 15 is 0 Å². The molecule has 1 atom stereocenters. The minimum absolute atomic E-state index is 0.00241. The van der Waals surface area contributed by atoms with E-state index in [0.717, 1.165) is 17.7 Å². The summed E-state index contributed by atoms with van der Waals surface area (Å²) in [6.07, 6.45) is -4.40. The highest BCUT2D eigenvalue weighted by molar-refractivity contribution is 7.84. The highest BCUT2D eigenvalue weighted by Gasteiger charge is 2.30. The van der Waals surface area contributed by atoms with Crippen molar-refractivity contribution in [2.24, 2.45) is 0 Å². The van der Waals surface area contributed by atoms with Crippen molar-refractivity contribution in [1.82, 2.24) is 0 Å². The first-order valence-corrected chi connectivity index (χ1v) is 7.50. The maximum atomic E-state index is 12.6. The van der Waals surface area contributed by atoms with Crippen molar-refractivity contribution in [1.29, 1.82) is 0 Å². The SMILES string of the molecule is Cc1ccc(N)c(S(=O)Cc2cccc(C(F)(F)F)c2)c1. The van der Waals surface area contributed by atoms with Crippen molar-refractivity contribution >= 4 is 16.5 Å². The van der Waals surface area contributed by atoms with E-state index < -0.39 is 22.5 Å². The summed E-state index contributed by atoms with van der Waals surface area (Å²) in [4.78, 5) is 0.451. The van der Waals surface area contributed by atoms with Crippen molar-refractivity contribution in [3.8, 4) is 0 Å². The summed E-state index contributed by atoms with van der Waals surface area (Å²) in [5.74, 6) is -0.00241. The maximum absolute atomic E-state index is 12.6. The van der Waals surface area contributed by atoms with Crippen molar-refractivity contribution in [2.75, 3.05) is 5.73 Å². The number of anilines is 1. The number of nitrogens with two attached hydrogens (primary N) is 1. The van der Waals surface area contributed by atoms with Crippen LogP contribution in [0.5, 0.6) is 0 Å². The Morgan fingerprint density at radius 3 is 2.52 bits per heavy atom. The molecule has 0 heterocycles. The van der Waals surface area contributed by atoms with Gasteiger partial charge in [-0.1, -0.05) is 24.3 Å². The van der Waals surface area contributed by atoms with Gasteiger partial charge in [0.05, 0.1) is 27.0 Å². The number of hydrogen-bond donors (Lipinski definition) is 1. The van der Waals surface area contributed by atoms with Gasteiger partial charge in [0.1, 0.15) is 0 Å². The zero-order valence-corrected chi connectivity index (χ0v) is 12.1. The first kappa shape index (κ1) is 15.6. The highest BCUT2D eigenvalue weighted by atomic mass is 32.2. The molecular weight excluding hydrogens is 299 g/mol. The van der Waals surface area contributed by atoms with Crippen molar-refractivity contribution in [2.45, 2.75) is 23.7 Å². The molecule has 6 heteroatoms. The van der Waals surface area contributed by atoms with E-state index in [1.165, 1.54) is 12.1 Å². The highest BCUT2D eigenvalue weighted by Crippen LogP contribution is 2.30. The molecule has 2 aromatic carbocycles. The van der Waals surface area contributed by atoms with Crippen LogP contribution >= 0.6 is 0 Å². The van der Waals surface area contributed by atoms with Crippen LogP contribution in [0.1, 0.15) is 16.7 Å². The zero-order valence-electron chi connectivity index (χ0n) is 11.3. The first-order valence-electron chi connectivity index (χ1n) is 6.18. The Kier molecular flexibility index (Phi) is 4.37. The standard InChI is InChI=1S/C15H14F3NOS/c1-10-5-6-13(19)14(7-10)21(20)9-11-3-2-4-12(8-11)15(16,17)18/h2-8H,9,19H2,1H3. The molecule has 0 saturated carbocycles. The lowest BCUT2D eigenvalue weighted by atomic mass is 10.1. The summed E-state index contributed by atoms with van der Waals surface area (Å²) in [6, 6.07) is 9.99. The molecule has 2 N–H and O–H groups in total. The molecule has 0 spiro atoms. The third-order valence-corrected chi connectivity index (χ3v) is 4.41. The van der Waals surface area contributed by atoms with Crippen LogP contribution in [0.15, 0.2) is 47.4 Å². The van der Waals surface area contributed by atoms with Gasteiger partial charge in [-0.25, -0.2) is 0 Å². The van der Waals surface area contributed by atoms with Gasteiger partial charge in [-0.3, -0.25) is 4.21 Å². The van der Waals surface area contributed by atoms with Crippen LogP contribution in [0.4, 0.5) is 18.9 Å². The molecule has 2 aromatic rings. The Labute approximate surface area is 123 Å². The molecule has 0 aliphatic rings. The summed E-state index contributed by atoms with van der Waals surface area (Å²) in [5, 5.41) is 0. The number of rotatable bonds is 3. The van der Waals surface area contributed by atoms with Gasteiger partial charge in [0, 0.05) is 5.69 Å². The quantitative estimate of drug-likeness (QED) is 0.873. The number of aryl methyl sites for hydroxylation is 1. The molecule has 0 fully saturated rings. The number of halogens is 3. The third-order valence-electron chi connectivity index (χ3n) is 2.97. The molecule has 0 aliphatic carbocycles. The van der Waals surface area contributed by atoms with Gasteiger partial charge in [0.25, 0.3) is 0 Å². The van der Waals surface area contributed by atoms with Crippen LogP contribution in [0.25, 0.3) is 0 Å². The van der Waals surface area contributed by atoms with Crippen LogP contribution in [-0.4, -0.2) is 4.21 Å². The third kappa shape index (κ3) is 3.85. The van der Waals surface area contributed by atoms with Gasteiger partial charge in [0.15, 0.2) is 0 Å². The summed E-state index contributed by atoms with van der Waals surface area (Å²) < 4.78 is 50.2. The summed E-state index contributed by atoms with van der Waals surface area (Å²) in [7, 11) is -1.48. The lowest BCUT2D eigenvalue weighted by molar-refractivity contribution is -0.137. The van der Waals surface area contributed by atoms with Crippen LogP contribution in [0.3, 0.4) is 0 Å². The van der Waals surface area contributed by atoms with E-state index in [1.54, 1.807) is 18.2 Å². The molecule has 2 nitrogen and oxygen atoms in total. The Bertz CT molecular complexity index is 683. The van der Waals surface area contributed by atoms with Crippen molar-refractivity contribution < 1.29 is 17.4 Å². The van der Waals surface area contributed by atoms with Crippen LogP contribution in [-0.2, 0) is 22.7 Å². The fraction of sp³-hybridized carbons (Fsp3) is 0.200. The number of hydrogen-bond acceptors (Lipinski definition) is 2. The van der Waals surface area contributed by atoms with Gasteiger partial charge < -0.3 is 5.73 Å². The van der Waals surface area contributed by atoms with Crippen LogP contribution in [0, 0.1) is 6.92 Å². The van der Waals surface area contributed by atoms with E-state index in [4.69, 9.17) is 5.73 Å². The summed E-state index contributed by atoms with van der Waals surface area (Å²) in [6.45, 7) is 1.84. The molecule has 21 heavy (non-hydrogen) atoms. The van der Waals surface area contributed by atoms with Gasteiger partial charge in [-0.05, 0) is 36.2 Å². The predicted octanol–water partition coefficient (Wildman–Crippen LogP) is 3.90. The normalized spacial score (nSPS) is 13.1. The topological polar surface area (TPSA) is 43.1 Å². The molecule has 2 rings (SSSR count). The second kappa shape index (κ2) is 5.89. The van der Waals surface area contributed by atoms with Gasteiger partial charge in [0.2, 0.25) is 0 Å². The first-order chi connectivity index (χ1) is 9.77. The van der Waals surface area contributed by atoms with Gasteiger partial charge in [-0.2, -0.15) is 13.2 Å². The number of benzene rings is 2. The largest absolute Gasteiger partial charge is 0.416 e. The smallest absolute Gasteiger partial charge is 0.398 e. The second-order valence-corrected chi connectivity index (χ2v) is 6.15. The second-order valence-electron chi connectivity index (χ2n) is 4.73. The van der Waals surface area contributed by atoms with E-state index in [1.807, 2.05) is 6.92 Å². The van der Waals surface area contributed by atoms with Gasteiger partial charge >= 0.3 is 6.18 Å². The monoisotopic (exact) mass is 313 g/mol. The molecule has 0 aliphatic heterocycles. The van der Waals surface area contributed by atoms with Crippen LogP contribution < -0.4 is 5.73 Å². The molecular formula is C15H14F3NOS. The minimum Gasteiger partial charge on any atom is -0.398 e. The van der Waals surface area contributed by atoms with E-state index in [-0.39, 0.29) is 5.75 Å². The fourth-order valence-electron chi connectivity index (χ4n) is 1.91. The van der Waals surface area contributed by atoms with Gasteiger partial charge in [-0.15, -0.1) is 0 Å². The maximum Gasteiger partial charge on any atom is 0.416 e. The Morgan fingerprint density at radius 2 is 1.86 bits per heavy atom. The van der Waals surface area contributed by atoms with E-state index in [2.05, 4.69) is 0 Å². The number of alkyl halides is 3. The lowest BCUT2D eigenvalue weighted by Gasteiger charge is -2.10. The molecule has 1 unspecified atom stereocenters. The average molecular weight is 313 g/mol. The van der Waals surface area contributed by atoms with E-state index in [9.17, 15) is 17.4 Å². The molecule has 0 bridgehead atoms. The minimum atomic E-state index is -4.40. The predicted molar refractivity (Wildman–Crippen MR) is 77.1 cm³/mol. The zero-order chi connectivity index (χ0) is 15.6. The molecule has 0 amide bonds. The summed E-state index contributed by atoms with van der Waals surface area (Å²) >= 11 is 0. The lowest BCUT2D eigenvalue weighted by Crippen LogP contribution is -2.06. The average Bonchev–Trinajstić information content (AvgIpc) is 2.41. The van der Waals surface area contributed by atoms with E-state index in [0.29, 0.717) is 16.1 Å². The molecule has 0 aromatic heterocycles. The molecule has 0 radical (unpaired) electrons. The Morgan fingerprint density at radius 1 is 1.14 bits per heavy atom. The molecule has 112 valence electrons. The van der Waals surface area contributed by atoms with Crippen molar-refractivity contribution in [3.05, 3.63) is 59.2 Å². The Balaban J connectivity index is 2.26. The Hall–Kier alpha value is -1.82. The molecule has 0 saturated heterocycles. The van der Waals surface area contributed by atoms with Crippen molar-refractivity contribution in [3.63, 3.8) is 0 Å². The van der Waals surface area contributed by atoms with Crippen LogP contribution in [0.2, 0.25) is 0 Å². The fourth-order valence-corrected chi connectivity index (χ4v) is 3.19. The number of nitrogen functional groups attached to an aromatic ring is 1. The summed E-state index contributed by atoms with van der Waals surface area (Å²) in [5.41, 5.74) is 6.67.